The molecule has 0 radical (unpaired) electrons. The first-order valence-electron chi connectivity index (χ1n) is 8.36. The molecule has 0 unspecified atom stereocenters. The Morgan fingerprint density at radius 2 is 1.36 bits per heavy atom. The molecule has 0 amide bonds. The van der Waals surface area contributed by atoms with Gasteiger partial charge in [-0.3, -0.25) is 4.79 Å². The molecule has 0 bridgehead atoms. The van der Waals surface area contributed by atoms with Crippen molar-refractivity contribution in [3.63, 3.8) is 0 Å². The number of hydrogen-bond donors (Lipinski definition) is 3. The van der Waals surface area contributed by atoms with E-state index in [9.17, 15) is 29.4 Å². The Morgan fingerprint density at radius 1 is 0.821 bits per heavy atom. The van der Waals surface area contributed by atoms with Gasteiger partial charge in [-0.05, 0) is 42.3 Å². The van der Waals surface area contributed by atoms with Crippen LogP contribution in [-0.4, -0.2) is 52.2 Å². The number of carbonyl (C=O) groups is 4. The summed E-state index contributed by atoms with van der Waals surface area (Å²) in [4.78, 5) is 47.0. The maximum atomic E-state index is 12.2. The van der Waals surface area contributed by atoms with E-state index in [0.717, 1.165) is 0 Å². The number of rotatable bonds is 8. The third kappa shape index (κ3) is 4.41. The van der Waals surface area contributed by atoms with Gasteiger partial charge in [-0.25, -0.2) is 14.4 Å². The number of esters is 1. The summed E-state index contributed by atoms with van der Waals surface area (Å²) < 4.78 is 4.85. The molecule has 0 aliphatic rings. The summed E-state index contributed by atoms with van der Waals surface area (Å²) in [6, 6.07) is 8.04. The van der Waals surface area contributed by atoms with Crippen LogP contribution in [0.4, 0.5) is 0 Å². The Kier molecular flexibility index (Phi) is 6.62. The first-order valence-corrected chi connectivity index (χ1v) is 8.36. The maximum absolute atomic E-state index is 12.2. The number of ketones is 1. The van der Waals surface area contributed by atoms with E-state index in [2.05, 4.69) is 0 Å². The van der Waals surface area contributed by atoms with Gasteiger partial charge in [0, 0.05) is 12.0 Å². The molecule has 8 nitrogen and oxygen atoms in total. The zero-order valence-electron chi connectivity index (χ0n) is 15.0. The quantitative estimate of drug-likeness (QED) is 0.465. The molecule has 0 aromatic heterocycles. The van der Waals surface area contributed by atoms with Gasteiger partial charge in [0.2, 0.25) is 0 Å². The molecule has 0 saturated carbocycles. The molecule has 0 aliphatic carbocycles. The van der Waals surface area contributed by atoms with E-state index in [0.29, 0.717) is 11.1 Å². The Balaban J connectivity index is 2.58. The Labute approximate surface area is 160 Å². The van der Waals surface area contributed by atoms with Crippen molar-refractivity contribution >= 4 is 23.7 Å². The SMILES string of the molecule is CCOC(=O)c1ccc(-c2ccc(C(=O)O)c(C(=O)CCO)c2)cc1C(=O)O. The molecule has 0 spiro atoms. The molecule has 2 aromatic rings. The number of aliphatic hydroxyl groups excluding tert-OH is 1. The number of ether oxygens (including phenoxy) is 1. The van der Waals surface area contributed by atoms with Gasteiger partial charge in [0.15, 0.2) is 5.78 Å². The highest BCUT2D eigenvalue weighted by molar-refractivity contribution is 6.07. The lowest BCUT2D eigenvalue weighted by molar-refractivity contribution is 0.0514. The molecule has 28 heavy (non-hydrogen) atoms. The Morgan fingerprint density at radius 3 is 1.86 bits per heavy atom. The van der Waals surface area contributed by atoms with Gasteiger partial charge in [-0.1, -0.05) is 12.1 Å². The predicted octanol–water partition coefficient (Wildman–Crippen LogP) is 2.49. The van der Waals surface area contributed by atoms with Gasteiger partial charge >= 0.3 is 17.9 Å². The molecule has 3 N–H and O–H groups in total. The molecule has 0 heterocycles. The highest BCUT2D eigenvalue weighted by atomic mass is 16.5. The molecule has 146 valence electrons. The summed E-state index contributed by atoms with van der Waals surface area (Å²) in [5.41, 5.74) is 0.0668. The van der Waals surface area contributed by atoms with Gasteiger partial charge in [0.25, 0.3) is 0 Å². The van der Waals surface area contributed by atoms with Crippen molar-refractivity contribution in [2.24, 2.45) is 0 Å². The van der Waals surface area contributed by atoms with Crippen LogP contribution in [0, 0.1) is 0 Å². The Hall–Kier alpha value is -3.52. The van der Waals surface area contributed by atoms with Crippen molar-refractivity contribution in [2.45, 2.75) is 13.3 Å². The van der Waals surface area contributed by atoms with Crippen LogP contribution in [0.5, 0.6) is 0 Å². The molecule has 2 rings (SSSR count). The third-order valence-corrected chi connectivity index (χ3v) is 3.97. The summed E-state index contributed by atoms with van der Waals surface area (Å²) in [6.45, 7) is 1.26. The maximum Gasteiger partial charge on any atom is 0.338 e. The third-order valence-electron chi connectivity index (χ3n) is 3.97. The molecule has 0 atom stereocenters. The second-order valence-electron chi connectivity index (χ2n) is 5.75. The number of benzene rings is 2. The van der Waals surface area contributed by atoms with Crippen molar-refractivity contribution in [2.75, 3.05) is 13.2 Å². The van der Waals surface area contributed by atoms with Gasteiger partial charge in [0.05, 0.1) is 29.9 Å². The first-order chi connectivity index (χ1) is 13.3. The summed E-state index contributed by atoms with van der Waals surface area (Å²) in [7, 11) is 0. The molecule has 0 aliphatic heterocycles. The molecule has 8 heteroatoms. The van der Waals surface area contributed by atoms with Crippen molar-refractivity contribution in [3.05, 3.63) is 58.7 Å². The zero-order valence-corrected chi connectivity index (χ0v) is 15.0. The number of aliphatic hydroxyl groups is 1. The Bertz CT molecular complexity index is 945. The van der Waals surface area contributed by atoms with E-state index >= 15 is 0 Å². The van der Waals surface area contributed by atoms with Crippen molar-refractivity contribution < 1.29 is 39.2 Å². The molecule has 0 fully saturated rings. The van der Waals surface area contributed by atoms with Crippen molar-refractivity contribution in [1.82, 2.24) is 0 Å². The average Bonchev–Trinajstić information content (AvgIpc) is 2.67. The van der Waals surface area contributed by atoms with Crippen molar-refractivity contribution in [3.8, 4) is 11.1 Å². The number of carboxylic acids is 2. The summed E-state index contributed by atoms with van der Waals surface area (Å²) >= 11 is 0. The van der Waals surface area contributed by atoms with E-state index in [-0.39, 0.29) is 35.3 Å². The summed E-state index contributed by atoms with van der Waals surface area (Å²) in [6.07, 6.45) is -0.244. The lowest BCUT2D eigenvalue weighted by Crippen LogP contribution is -2.12. The standard InChI is InChI=1S/C20H18O8/c1-2-28-20(27)14-6-4-12(10-16(14)19(25)26)11-3-5-13(18(23)24)15(9-11)17(22)7-8-21/h3-6,9-10,21H,2,7-8H2,1H3,(H,23,24)(H,25,26). The van der Waals surface area contributed by atoms with E-state index in [1.165, 1.54) is 36.4 Å². The van der Waals surface area contributed by atoms with Crippen LogP contribution in [0.15, 0.2) is 36.4 Å². The first kappa shape index (κ1) is 20.8. The highest BCUT2D eigenvalue weighted by Crippen LogP contribution is 2.26. The van der Waals surface area contributed by atoms with Crippen LogP contribution in [0.25, 0.3) is 11.1 Å². The fourth-order valence-corrected chi connectivity index (χ4v) is 2.66. The minimum Gasteiger partial charge on any atom is -0.478 e. The van der Waals surface area contributed by atoms with E-state index in [1.807, 2.05) is 0 Å². The summed E-state index contributed by atoms with van der Waals surface area (Å²) in [5.74, 6) is -3.95. The molecule has 2 aromatic carbocycles. The second kappa shape index (κ2) is 8.92. The fraction of sp³-hybridized carbons (Fsp3) is 0.200. The van der Waals surface area contributed by atoms with Crippen LogP contribution < -0.4 is 0 Å². The average molecular weight is 386 g/mol. The number of hydrogen-bond acceptors (Lipinski definition) is 6. The summed E-state index contributed by atoms with van der Waals surface area (Å²) in [5, 5.41) is 27.6. The van der Waals surface area contributed by atoms with E-state index in [1.54, 1.807) is 6.92 Å². The number of Topliss-reactive ketones (excluding diaryl/α,β-unsaturated/α-hetero) is 1. The van der Waals surface area contributed by atoms with Gasteiger partial charge < -0.3 is 20.1 Å². The van der Waals surface area contributed by atoms with Gasteiger partial charge in [-0.2, -0.15) is 0 Å². The number of carbonyl (C=O) groups excluding carboxylic acids is 2. The highest BCUT2D eigenvalue weighted by Gasteiger charge is 2.21. The monoisotopic (exact) mass is 386 g/mol. The normalized spacial score (nSPS) is 10.4. The van der Waals surface area contributed by atoms with E-state index in [4.69, 9.17) is 9.84 Å². The van der Waals surface area contributed by atoms with Crippen LogP contribution in [0.2, 0.25) is 0 Å². The fourth-order valence-electron chi connectivity index (χ4n) is 2.66. The molecular formula is C20H18O8. The van der Waals surface area contributed by atoms with E-state index < -0.39 is 30.3 Å². The number of carboxylic acid groups (broad SMARTS) is 2. The van der Waals surface area contributed by atoms with Crippen LogP contribution >= 0.6 is 0 Å². The minimum atomic E-state index is -1.33. The van der Waals surface area contributed by atoms with Crippen LogP contribution in [-0.2, 0) is 4.74 Å². The lowest BCUT2D eigenvalue weighted by Gasteiger charge is -2.11. The number of aromatic carboxylic acids is 2. The predicted molar refractivity (Wildman–Crippen MR) is 97.8 cm³/mol. The smallest absolute Gasteiger partial charge is 0.338 e. The van der Waals surface area contributed by atoms with Gasteiger partial charge in [-0.15, -0.1) is 0 Å². The lowest BCUT2D eigenvalue weighted by atomic mass is 9.94. The minimum absolute atomic E-state index is 0.0899. The topological polar surface area (TPSA) is 138 Å². The van der Waals surface area contributed by atoms with Crippen LogP contribution in [0.1, 0.15) is 54.8 Å². The zero-order chi connectivity index (χ0) is 20.8. The van der Waals surface area contributed by atoms with Gasteiger partial charge in [0.1, 0.15) is 0 Å². The molecular weight excluding hydrogens is 368 g/mol. The van der Waals surface area contributed by atoms with Crippen molar-refractivity contribution in [1.29, 1.82) is 0 Å². The van der Waals surface area contributed by atoms with Crippen LogP contribution in [0.3, 0.4) is 0 Å². The largest absolute Gasteiger partial charge is 0.478 e. The second-order valence-corrected chi connectivity index (χ2v) is 5.75. The molecule has 0 saturated heterocycles.